The van der Waals surface area contributed by atoms with E-state index >= 15 is 0 Å². The van der Waals surface area contributed by atoms with Crippen molar-refractivity contribution in [3.63, 3.8) is 0 Å². The predicted octanol–water partition coefficient (Wildman–Crippen LogP) is 2.47. The van der Waals surface area contributed by atoms with Gasteiger partial charge in [-0.1, -0.05) is 36.3 Å². The zero-order chi connectivity index (χ0) is 16.9. The van der Waals surface area contributed by atoms with Gasteiger partial charge in [-0.05, 0) is 24.0 Å². The van der Waals surface area contributed by atoms with Crippen molar-refractivity contribution < 1.29 is 14.1 Å². The third-order valence-electron chi connectivity index (χ3n) is 4.31. The minimum Gasteiger partial charge on any atom is -0.366 e. The molecule has 1 atom stereocenters. The van der Waals surface area contributed by atoms with Crippen molar-refractivity contribution in [1.29, 1.82) is 0 Å². The molecule has 0 unspecified atom stereocenters. The van der Waals surface area contributed by atoms with Crippen molar-refractivity contribution in [1.82, 2.24) is 15.0 Å². The van der Waals surface area contributed by atoms with Crippen LogP contribution in [0.15, 0.2) is 28.8 Å². The van der Waals surface area contributed by atoms with Gasteiger partial charge in [0.1, 0.15) is 6.10 Å². The summed E-state index contributed by atoms with van der Waals surface area (Å²) in [4.78, 5) is 18.5. The number of nitrogens with zero attached hydrogens (tertiary/aromatic N) is 3. The molecule has 0 aliphatic carbocycles. The number of benzene rings is 1. The normalized spacial score (nSPS) is 17.9. The molecule has 0 radical (unpaired) electrons. The number of ether oxygens (including phenoxy) is 1. The van der Waals surface area contributed by atoms with Gasteiger partial charge in [-0.25, -0.2) is 0 Å². The van der Waals surface area contributed by atoms with Crippen LogP contribution in [0.2, 0.25) is 0 Å². The molecule has 1 fully saturated rings. The second-order valence-corrected chi connectivity index (χ2v) is 6.04. The van der Waals surface area contributed by atoms with Crippen LogP contribution in [0.25, 0.3) is 0 Å². The molecule has 24 heavy (non-hydrogen) atoms. The van der Waals surface area contributed by atoms with Crippen molar-refractivity contribution in [2.75, 3.05) is 19.7 Å². The Bertz CT molecular complexity index is 681. The van der Waals surface area contributed by atoms with E-state index in [1.54, 1.807) is 6.92 Å². The van der Waals surface area contributed by atoms with Crippen LogP contribution in [0, 0.1) is 6.92 Å². The first kappa shape index (κ1) is 16.6. The van der Waals surface area contributed by atoms with E-state index in [0.29, 0.717) is 37.8 Å². The second-order valence-electron chi connectivity index (χ2n) is 6.04. The summed E-state index contributed by atoms with van der Waals surface area (Å²) in [6.07, 6.45) is 1.99. The highest BCUT2D eigenvalue weighted by Crippen LogP contribution is 2.20. The second kappa shape index (κ2) is 7.57. The average Bonchev–Trinajstić information content (AvgIpc) is 3.06. The van der Waals surface area contributed by atoms with Crippen LogP contribution in [0.4, 0.5) is 0 Å². The van der Waals surface area contributed by atoms with Crippen LogP contribution in [0.3, 0.4) is 0 Å². The standard InChI is InChI=1S/C18H23N3O3/c1-3-14-4-6-15(7-5-14)8-9-17(22)21-10-11-23-16(12-21)18-19-13(2)24-20-18/h4-7,16H,3,8-12H2,1-2H3/t16-/m0/s1. The Labute approximate surface area is 141 Å². The molecular weight excluding hydrogens is 306 g/mol. The Morgan fingerprint density at radius 3 is 2.71 bits per heavy atom. The van der Waals surface area contributed by atoms with Crippen molar-refractivity contribution in [3.8, 4) is 0 Å². The van der Waals surface area contributed by atoms with Crippen LogP contribution in [0.5, 0.6) is 0 Å². The Morgan fingerprint density at radius 1 is 1.29 bits per heavy atom. The Kier molecular flexibility index (Phi) is 5.25. The third kappa shape index (κ3) is 4.00. The van der Waals surface area contributed by atoms with Crippen LogP contribution in [-0.4, -0.2) is 40.6 Å². The van der Waals surface area contributed by atoms with Gasteiger partial charge in [-0.2, -0.15) is 4.98 Å². The number of carbonyl (C=O) groups excluding carboxylic acids is 1. The fraction of sp³-hybridized carbons (Fsp3) is 0.500. The van der Waals surface area contributed by atoms with Gasteiger partial charge in [0.15, 0.2) is 0 Å². The predicted molar refractivity (Wildman–Crippen MR) is 88.4 cm³/mol. The van der Waals surface area contributed by atoms with Gasteiger partial charge in [0, 0.05) is 19.9 Å². The topological polar surface area (TPSA) is 68.5 Å². The summed E-state index contributed by atoms with van der Waals surface area (Å²) in [5, 5.41) is 3.89. The molecule has 0 bridgehead atoms. The fourth-order valence-electron chi connectivity index (χ4n) is 2.83. The van der Waals surface area contributed by atoms with E-state index in [0.717, 1.165) is 12.8 Å². The smallest absolute Gasteiger partial charge is 0.223 e. The Balaban J connectivity index is 1.54. The van der Waals surface area contributed by atoms with Crippen molar-refractivity contribution in [2.24, 2.45) is 0 Å². The van der Waals surface area contributed by atoms with Crippen molar-refractivity contribution in [3.05, 3.63) is 47.1 Å². The lowest BCUT2D eigenvalue weighted by molar-refractivity contribution is -0.139. The SMILES string of the molecule is CCc1ccc(CCC(=O)N2CCO[C@H](c3noc(C)n3)C2)cc1. The number of amides is 1. The Hall–Kier alpha value is -2.21. The molecule has 2 heterocycles. The van der Waals surface area contributed by atoms with E-state index in [4.69, 9.17) is 9.26 Å². The number of rotatable bonds is 5. The molecule has 1 saturated heterocycles. The average molecular weight is 329 g/mol. The molecule has 6 heteroatoms. The molecule has 3 rings (SSSR count). The molecule has 0 spiro atoms. The summed E-state index contributed by atoms with van der Waals surface area (Å²) < 4.78 is 10.7. The van der Waals surface area contributed by atoms with E-state index in [-0.39, 0.29) is 12.0 Å². The van der Waals surface area contributed by atoms with E-state index in [1.165, 1.54) is 11.1 Å². The highest BCUT2D eigenvalue weighted by Gasteiger charge is 2.28. The Morgan fingerprint density at radius 2 is 2.04 bits per heavy atom. The molecular formula is C18H23N3O3. The molecule has 0 saturated carbocycles. The van der Waals surface area contributed by atoms with Gasteiger partial charge in [0.25, 0.3) is 0 Å². The van der Waals surface area contributed by atoms with Gasteiger partial charge in [-0.15, -0.1) is 0 Å². The summed E-state index contributed by atoms with van der Waals surface area (Å²) in [6, 6.07) is 8.47. The number of aromatic nitrogens is 2. The molecule has 128 valence electrons. The number of hydrogen-bond donors (Lipinski definition) is 0. The maximum Gasteiger partial charge on any atom is 0.223 e. The number of carbonyl (C=O) groups is 1. The van der Waals surface area contributed by atoms with Crippen LogP contribution >= 0.6 is 0 Å². The highest BCUT2D eigenvalue weighted by atomic mass is 16.5. The van der Waals surface area contributed by atoms with Crippen LogP contribution in [-0.2, 0) is 22.4 Å². The number of aryl methyl sites for hydroxylation is 3. The largest absolute Gasteiger partial charge is 0.366 e. The molecule has 1 aliphatic rings. The minimum absolute atomic E-state index is 0.142. The summed E-state index contributed by atoms with van der Waals surface area (Å²) in [7, 11) is 0. The summed E-state index contributed by atoms with van der Waals surface area (Å²) in [5.74, 6) is 1.16. The first-order valence-electron chi connectivity index (χ1n) is 8.43. The maximum absolute atomic E-state index is 12.5. The van der Waals surface area contributed by atoms with Crippen molar-refractivity contribution in [2.45, 2.75) is 39.2 Å². The number of hydrogen-bond acceptors (Lipinski definition) is 5. The third-order valence-corrected chi connectivity index (χ3v) is 4.31. The van der Waals surface area contributed by atoms with Crippen LogP contribution in [0.1, 0.15) is 42.3 Å². The lowest BCUT2D eigenvalue weighted by Gasteiger charge is -2.31. The number of morpholine rings is 1. The van der Waals surface area contributed by atoms with E-state index in [1.807, 2.05) is 4.90 Å². The van der Waals surface area contributed by atoms with Gasteiger partial charge < -0.3 is 14.2 Å². The van der Waals surface area contributed by atoms with Crippen molar-refractivity contribution >= 4 is 5.91 Å². The van der Waals surface area contributed by atoms with Crippen LogP contribution < -0.4 is 0 Å². The van der Waals surface area contributed by atoms with Gasteiger partial charge in [0.05, 0.1) is 13.2 Å². The molecule has 6 nitrogen and oxygen atoms in total. The maximum atomic E-state index is 12.5. The molecule has 1 aliphatic heterocycles. The monoisotopic (exact) mass is 329 g/mol. The summed E-state index contributed by atoms with van der Waals surface area (Å²) in [5.41, 5.74) is 2.51. The van der Waals surface area contributed by atoms with E-state index in [9.17, 15) is 4.79 Å². The molecule has 1 aromatic carbocycles. The molecule has 1 amide bonds. The summed E-state index contributed by atoms with van der Waals surface area (Å²) >= 11 is 0. The summed E-state index contributed by atoms with van der Waals surface area (Å²) in [6.45, 7) is 5.47. The fourth-order valence-corrected chi connectivity index (χ4v) is 2.83. The minimum atomic E-state index is -0.302. The zero-order valence-electron chi connectivity index (χ0n) is 14.2. The van der Waals surface area contributed by atoms with E-state index < -0.39 is 0 Å². The van der Waals surface area contributed by atoms with Gasteiger partial charge >= 0.3 is 0 Å². The first-order valence-corrected chi connectivity index (χ1v) is 8.43. The highest BCUT2D eigenvalue weighted by molar-refractivity contribution is 5.76. The van der Waals surface area contributed by atoms with Gasteiger partial charge in [-0.3, -0.25) is 4.79 Å². The quantitative estimate of drug-likeness (QED) is 0.843. The zero-order valence-corrected chi connectivity index (χ0v) is 14.2. The molecule has 0 N–H and O–H groups in total. The molecule has 2 aromatic rings. The first-order chi connectivity index (χ1) is 11.7. The molecule has 1 aromatic heterocycles. The lowest BCUT2D eigenvalue weighted by atomic mass is 10.1. The van der Waals surface area contributed by atoms with E-state index in [2.05, 4.69) is 41.3 Å². The van der Waals surface area contributed by atoms with Gasteiger partial charge in [0.2, 0.25) is 17.6 Å². The lowest BCUT2D eigenvalue weighted by Crippen LogP contribution is -2.42.